The lowest BCUT2D eigenvalue weighted by molar-refractivity contribution is 1.22. The van der Waals surface area contributed by atoms with Crippen LogP contribution in [0.15, 0.2) is 91.5 Å². The normalized spacial score (nSPS) is 11.2. The summed E-state index contributed by atoms with van der Waals surface area (Å²) in [6.07, 6.45) is 7.12. The molecule has 0 spiro atoms. The molecule has 0 amide bonds. The minimum atomic E-state index is 0.603. The molecule has 0 unspecified atom stereocenters. The average Bonchev–Trinajstić information content (AvgIpc) is 2.89. The van der Waals surface area contributed by atoms with Crippen molar-refractivity contribution in [1.29, 1.82) is 0 Å². The van der Waals surface area contributed by atoms with Crippen molar-refractivity contribution in [2.45, 2.75) is 0 Å². The maximum absolute atomic E-state index is 6.34. The Bertz CT molecular complexity index is 1660. The predicted molar refractivity (Wildman–Crippen MR) is 136 cm³/mol. The van der Waals surface area contributed by atoms with E-state index >= 15 is 0 Å². The second kappa shape index (κ2) is 7.90. The van der Waals surface area contributed by atoms with Crippen LogP contribution in [0.3, 0.4) is 0 Å². The molecule has 7 nitrogen and oxygen atoms in total. The molecule has 5 heterocycles. The Morgan fingerprint density at radius 1 is 0.559 bits per heavy atom. The first-order valence-electron chi connectivity index (χ1n) is 10.7. The van der Waals surface area contributed by atoms with Gasteiger partial charge in [-0.15, -0.1) is 0 Å². The van der Waals surface area contributed by atoms with Gasteiger partial charge in [-0.25, -0.2) is 4.98 Å². The van der Waals surface area contributed by atoms with Crippen LogP contribution in [0.1, 0.15) is 0 Å². The molecular weight excluding hydrogens is 422 g/mol. The van der Waals surface area contributed by atoms with Gasteiger partial charge in [0.05, 0.1) is 33.8 Å². The molecule has 0 radical (unpaired) electrons. The van der Waals surface area contributed by atoms with Crippen molar-refractivity contribution < 1.29 is 0 Å². The zero-order valence-electron chi connectivity index (χ0n) is 18.1. The van der Waals surface area contributed by atoms with Crippen LogP contribution in [-0.2, 0) is 0 Å². The van der Waals surface area contributed by atoms with Crippen molar-refractivity contribution in [3.63, 3.8) is 0 Å². The van der Waals surface area contributed by atoms with Crippen LogP contribution < -0.4 is 11.5 Å². The summed E-state index contributed by atoms with van der Waals surface area (Å²) >= 11 is 0. The highest BCUT2D eigenvalue weighted by Crippen LogP contribution is 2.31. The van der Waals surface area contributed by atoms with E-state index in [4.69, 9.17) is 16.5 Å². The number of hydrogen-bond donors (Lipinski definition) is 2. The van der Waals surface area contributed by atoms with Crippen LogP contribution in [0, 0.1) is 0 Å². The molecule has 0 fully saturated rings. The van der Waals surface area contributed by atoms with Crippen LogP contribution in [0.25, 0.3) is 55.7 Å². The summed E-state index contributed by atoms with van der Waals surface area (Å²) in [4.78, 5) is 22.9. The Hall–Kier alpha value is -4.91. The van der Waals surface area contributed by atoms with E-state index in [-0.39, 0.29) is 0 Å². The highest BCUT2D eigenvalue weighted by atomic mass is 14.8. The number of nitrogens with zero attached hydrogens (tertiary/aromatic N) is 5. The van der Waals surface area contributed by atoms with Gasteiger partial charge in [0.2, 0.25) is 0 Å². The Labute approximate surface area is 195 Å². The molecule has 0 aliphatic heterocycles. The Balaban J connectivity index is 1.38. The molecule has 0 aliphatic rings. The fraction of sp³-hybridized carbons (Fsp3) is 0. The predicted octanol–water partition coefficient (Wildman–Crippen LogP) is 5.13. The van der Waals surface area contributed by atoms with Gasteiger partial charge in [0.25, 0.3) is 0 Å². The lowest BCUT2D eigenvalue weighted by Gasteiger charge is -2.09. The number of fused-ring (bicyclic) bond motifs is 3. The first-order valence-corrected chi connectivity index (χ1v) is 10.7. The SMILES string of the molecule is Nc1cc(-c2ccccn2)nc(-c2ccc(-c3cnc4c(c3)c(N)cc3cccnc34)cn2)c1. The van der Waals surface area contributed by atoms with Crippen LogP contribution >= 0.6 is 0 Å². The van der Waals surface area contributed by atoms with Gasteiger partial charge in [0.15, 0.2) is 0 Å². The van der Waals surface area contributed by atoms with Crippen molar-refractivity contribution in [2.24, 2.45) is 0 Å². The van der Waals surface area contributed by atoms with E-state index in [9.17, 15) is 0 Å². The fourth-order valence-corrected chi connectivity index (χ4v) is 4.05. The number of benzene rings is 1. The second-order valence-electron chi connectivity index (χ2n) is 7.98. The van der Waals surface area contributed by atoms with Crippen LogP contribution in [-0.4, -0.2) is 24.9 Å². The second-order valence-corrected chi connectivity index (χ2v) is 7.98. The first kappa shape index (κ1) is 19.8. The maximum atomic E-state index is 6.34. The minimum absolute atomic E-state index is 0.603. The first-order chi connectivity index (χ1) is 16.7. The molecule has 0 bridgehead atoms. The molecule has 0 aliphatic carbocycles. The summed E-state index contributed by atoms with van der Waals surface area (Å²) in [5, 5.41) is 1.84. The van der Waals surface area contributed by atoms with Crippen LogP contribution in [0.5, 0.6) is 0 Å². The molecule has 34 heavy (non-hydrogen) atoms. The number of pyridine rings is 5. The van der Waals surface area contributed by atoms with E-state index in [0.29, 0.717) is 22.8 Å². The number of hydrogen-bond acceptors (Lipinski definition) is 7. The summed E-state index contributed by atoms with van der Waals surface area (Å²) in [6, 6.07) is 21.1. The van der Waals surface area contributed by atoms with Gasteiger partial charge >= 0.3 is 0 Å². The van der Waals surface area contributed by atoms with Crippen molar-refractivity contribution in [1.82, 2.24) is 24.9 Å². The Morgan fingerprint density at radius 3 is 2.12 bits per heavy atom. The molecule has 6 aromatic rings. The lowest BCUT2D eigenvalue weighted by Crippen LogP contribution is -1.96. The largest absolute Gasteiger partial charge is 0.399 e. The fourth-order valence-electron chi connectivity index (χ4n) is 4.05. The van der Waals surface area contributed by atoms with Crippen LogP contribution in [0.2, 0.25) is 0 Å². The van der Waals surface area contributed by atoms with Gasteiger partial charge in [-0.1, -0.05) is 18.2 Å². The summed E-state index contributed by atoms with van der Waals surface area (Å²) in [6.45, 7) is 0. The number of rotatable bonds is 3. The molecular formula is C27H19N7. The van der Waals surface area contributed by atoms with Gasteiger partial charge < -0.3 is 11.5 Å². The monoisotopic (exact) mass is 441 g/mol. The number of nitrogens with two attached hydrogens (primary N) is 2. The molecule has 5 aromatic heterocycles. The zero-order valence-corrected chi connectivity index (χ0v) is 18.1. The van der Waals surface area contributed by atoms with Crippen LogP contribution in [0.4, 0.5) is 11.4 Å². The van der Waals surface area contributed by atoms with Gasteiger partial charge in [-0.2, -0.15) is 0 Å². The van der Waals surface area contributed by atoms with Crippen molar-refractivity contribution in [3.05, 3.63) is 91.5 Å². The minimum Gasteiger partial charge on any atom is -0.399 e. The summed E-state index contributed by atoms with van der Waals surface area (Å²) in [5.74, 6) is 0. The molecule has 1 aromatic carbocycles. The molecule has 7 heteroatoms. The Morgan fingerprint density at radius 2 is 1.35 bits per heavy atom. The van der Waals surface area contributed by atoms with Gasteiger partial charge in [0, 0.05) is 58.1 Å². The van der Waals surface area contributed by atoms with Gasteiger partial charge in [0.1, 0.15) is 0 Å². The van der Waals surface area contributed by atoms with E-state index in [1.54, 1.807) is 18.6 Å². The summed E-state index contributed by atoms with van der Waals surface area (Å²) in [7, 11) is 0. The Kier molecular flexibility index (Phi) is 4.59. The van der Waals surface area contributed by atoms with Crippen molar-refractivity contribution >= 4 is 33.2 Å². The topological polar surface area (TPSA) is 116 Å². The smallest absolute Gasteiger partial charge is 0.0985 e. The highest BCUT2D eigenvalue weighted by molar-refractivity contribution is 6.09. The molecule has 0 atom stereocenters. The lowest BCUT2D eigenvalue weighted by atomic mass is 10.0. The summed E-state index contributed by atoms with van der Waals surface area (Å²) in [5.41, 5.74) is 20.1. The van der Waals surface area contributed by atoms with E-state index < -0.39 is 0 Å². The highest BCUT2D eigenvalue weighted by Gasteiger charge is 2.11. The third-order valence-electron chi connectivity index (χ3n) is 5.71. The standard InChI is InChI=1S/C27H19N7/c28-19-12-24(22-5-1-2-8-30-22)34-25(13-19)23-7-6-17(14-32-23)18-10-20-21(29)11-16-4-3-9-31-26(16)27(20)33-15-18/h1-15H,29H2,(H2,28,34). The summed E-state index contributed by atoms with van der Waals surface area (Å²) < 4.78 is 0. The third-order valence-corrected chi connectivity index (χ3v) is 5.71. The quantitative estimate of drug-likeness (QED) is 0.289. The molecule has 162 valence electrons. The van der Waals surface area contributed by atoms with E-state index in [1.165, 1.54) is 0 Å². The number of nitrogen functional groups attached to an aromatic ring is 2. The van der Waals surface area contributed by atoms with E-state index in [0.717, 1.165) is 44.3 Å². The maximum Gasteiger partial charge on any atom is 0.0985 e. The molecule has 0 saturated carbocycles. The number of anilines is 2. The van der Waals surface area contributed by atoms with Gasteiger partial charge in [-0.3, -0.25) is 19.9 Å². The van der Waals surface area contributed by atoms with Gasteiger partial charge in [-0.05, 0) is 48.5 Å². The molecule has 0 saturated heterocycles. The zero-order chi connectivity index (χ0) is 23.1. The molecule has 6 rings (SSSR count). The van der Waals surface area contributed by atoms with Crippen molar-refractivity contribution in [3.8, 4) is 33.9 Å². The van der Waals surface area contributed by atoms with Crippen molar-refractivity contribution in [2.75, 3.05) is 11.5 Å². The average molecular weight is 441 g/mol. The van der Waals surface area contributed by atoms with E-state index in [2.05, 4.69) is 19.9 Å². The number of aromatic nitrogens is 5. The third kappa shape index (κ3) is 3.45. The molecule has 4 N–H and O–H groups in total. The van der Waals surface area contributed by atoms with E-state index in [1.807, 2.05) is 72.9 Å².